The number of carbonyl (C=O) groups is 2. The van der Waals surface area contributed by atoms with Gasteiger partial charge in [0.05, 0.1) is 0 Å². The van der Waals surface area contributed by atoms with E-state index >= 15 is 0 Å². The first-order chi connectivity index (χ1) is 13.9. The maximum Gasteiger partial charge on any atom is 0.255 e. The van der Waals surface area contributed by atoms with Crippen LogP contribution in [0.15, 0.2) is 41.3 Å². The molecule has 0 atom stereocenters. The quantitative estimate of drug-likeness (QED) is 0.780. The van der Waals surface area contributed by atoms with Crippen LogP contribution in [-0.2, 0) is 22.6 Å². The van der Waals surface area contributed by atoms with Crippen LogP contribution in [0.2, 0.25) is 0 Å². The normalized spacial score (nSPS) is 17.2. The highest BCUT2D eigenvalue weighted by Gasteiger charge is 2.31. The fourth-order valence-corrected chi connectivity index (χ4v) is 4.22. The van der Waals surface area contributed by atoms with E-state index in [0.29, 0.717) is 51.1 Å². The van der Waals surface area contributed by atoms with E-state index in [2.05, 4.69) is 0 Å². The molecule has 2 aliphatic heterocycles. The summed E-state index contributed by atoms with van der Waals surface area (Å²) in [5.74, 6) is -0.234. The Morgan fingerprint density at radius 3 is 2.34 bits per heavy atom. The zero-order valence-electron chi connectivity index (χ0n) is 16.4. The lowest BCUT2D eigenvalue weighted by molar-refractivity contribution is -0.140. The number of hydrogen-bond acceptors (Lipinski definition) is 3. The molecule has 2 amide bonds. The molecule has 7 heteroatoms. The summed E-state index contributed by atoms with van der Waals surface area (Å²) in [6.07, 6.45) is 3.79. The number of rotatable bonds is 2. The number of hydrogen-bond donors (Lipinski definition) is 0. The van der Waals surface area contributed by atoms with Crippen molar-refractivity contribution in [3.05, 3.63) is 63.8 Å². The molecule has 0 spiro atoms. The molecule has 4 rings (SSSR count). The summed E-state index contributed by atoms with van der Waals surface area (Å²) in [7, 11) is 0. The van der Waals surface area contributed by atoms with E-state index < -0.39 is 0 Å². The molecule has 1 aromatic carbocycles. The van der Waals surface area contributed by atoms with E-state index in [-0.39, 0.29) is 29.1 Å². The summed E-state index contributed by atoms with van der Waals surface area (Å²) in [6.45, 7) is 3.87. The fourth-order valence-electron chi connectivity index (χ4n) is 4.22. The zero-order chi connectivity index (χ0) is 20.5. The molecule has 0 aliphatic carbocycles. The summed E-state index contributed by atoms with van der Waals surface area (Å²) < 4.78 is 14.7. The van der Waals surface area contributed by atoms with Gasteiger partial charge in [-0.05, 0) is 54.7 Å². The molecule has 3 heterocycles. The first kappa shape index (κ1) is 19.4. The lowest BCUT2D eigenvalue weighted by Crippen LogP contribution is -2.45. The average Bonchev–Trinajstić information content (AvgIpc) is 2.73. The second-order valence-corrected chi connectivity index (χ2v) is 7.80. The topological polar surface area (TPSA) is 62.6 Å². The Morgan fingerprint density at radius 1 is 1.00 bits per heavy atom. The maximum absolute atomic E-state index is 13.2. The summed E-state index contributed by atoms with van der Waals surface area (Å²) in [4.78, 5) is 40.6. The number of carbonyl (C=O) groups excluding carboxylic acids is 2. The maximum atomic E-state index is 13.2. The van der Waals surface area contributed by atoms with E-state index in [1.54, 1.807) is 36.2 Å². The standard InChI is InChI=1S/C22H24FN3O3/c1-15(27)24-9-6-16(7-10-24)22(29)25-11-8-17-12-21(28)26(14-18(17)13-25)20-4-2-19(23)3-5-20/h2-5,12,14,16H,6-11,13H2,1H3. The highest BCUT2D eigenvalue weighted by molar-refractivity contribution is 5.80. The van der Waals surface area contributed by atoms with E-state index in [1.807, 2.05) is 4.90 Å². The van der Waals surface area contributed by atoms with Crippen LogP contribution in [-0.4, -0.2) is 45.8 Å². The van der Waals surface area contributed by atoms with Gasteiger partial charge in [0.15, 0.2) is 0 Å². The van der Waals surface area contributed by atoms with Crippen molar-refractivity contribution < 1.29 is 14.0 Å². The van der Waals surface area contributed by atoms with E-state index in [9.17, 15) is 18.8 Å². The van der Waals surface area contributed by atoms with Gasteiger partial charge in [0.25, 0.3) is 5.56 Å². The molecule has 0 N–H and O–H groups in total. The van der Waals surface area contributed by atoms with E-state index in [0.717, 1.165) is 11.1 Å². The van der Waals surface area contributed by atoms with Crippen LogP contribution < -0.4 is 5.56 Å². The third-order valence-corrected chi connectivity index (χ3v) is 5.95. The van der Waals surface area contributed by atoms with Crippen LogP contribution in [0.4, 0.5) is 4.39 Å². The smallest absolute Gasteiger partial charge is 0.255 e. The Kier molecular flexibility index (Phi) is 5.22. The minimum Gasteiger partial charge on any atom is -0.343 e. The molecule has 0 bridgehead atoms. The summed E-state index contributed by atoms with van der Waals surface area (Å²) in [5.41, 5.74) is 2.34. The largest absolute Gasteiger partial charge is 0.343 e. The molecule has 152 valence electrons. The van der Waals surface area contributed by atoms with Crippen LogP contribution in [0, 0.1) is 11.7 Å². The van der Waals surface area contributed by atoms with Gasteiger partial charge in [-0.1, -0.05) is 0 Å². The Morgan fingerprint density at radius 2 is 1.69 bits per heavy atom. The van der Waals surface area contributed by atoms with Crippen molar-refractivity contribution in [1.82, 2.24) is 14.4 Å². The van der Waals surface area contributed by atoms with Gasteiger partial charge in [-0.2, -0.15) is 0 Å². The van der Waals surface area contributed by atoms with E-state index in [1.165, 1.54) is 16.7 Å². The Bertz CT molecular complexity index is 991. The predicted octanol–water partition coefficient (Wildman–Crippen LogP) is 2.12. The second kappa shape index (κ2) is 7.81. The van der Waals surface area contributed by atoms with Gasteiger partial charge < -0.3 is 9.80 Å². The number of fused-ring (bicyclic) bond motifs is 1. The number of likely N-dealkylation sites (tertiary alicyclic amines) is 1. The van der Waals surface area contributed by atoms with Crippen LogP contribution >= 0.6 is 0 Å². The number of pyridine rings is 1. The highest BCUT2D eigenvalue weighted by atomic mass is 19.1. The monoisotopic (exact) mass is 397 g/mol. The molecule has 0 radical (unpaired) electrons. The van der Waals surface area contributed by atoms with Crippen LogP contribution in [0.3, 0.4) is 0 Å². The number of piperidine rings is 1. The minimum atomic E-state index is -0.354. The Hall–Kier alpha value is -2.96. The molecule has 1 fully saturated rings. The van der Waals surface area contributed by atoms with Gasteiger partial charge in [-0.25, -0.2) is 4.39 Å². The SMILES string of the molecule is CC(=O)N1CCC(C(=O)N2CCc3cc(=O)n(-c4ccc(F)cc4)cc3C2)CC1. The average molecular weight is 397 g/mol. The minimum absolute atomic E-state index is 0.0570. The summed E-state index contributed by atoms with van der Waals surface area (Å²) in [5, 5.41) is 0. The van der Waals surface area contributed by atoms with Crippen molar-refractivity contribution >= 4 is 11.8 Å². The van der Waals surface area contributed by atoms with Gasteiger partial charge in [-0.15, -0.1) is 0 Å². The van der Waals surface area contributed by atoms with Crippen molar-refractivity contribution in [3.63, 3.8) is 0 Å². The molecule has 6 nitrogen and oxygen atoms in total. The molecule has 0 saturated carbocycles. The lowest BCUT2D eigenvalue weighted by Gasteiger charge is -2.36. The van der Waals surface area contributed by atoms with Crippen molar-refractivity contribution in [1.29, 1.82) is 0 Å². The van der Waals surface area contributed by atoms with Gasteiger partial charge in [0, 0.05) is 57.0 Å². The van der Waals surface area contributed by atoms with Crippen molar-refractivity contribution in [2.75, 3.05) is 19.6 Å². The van der Waals surface area contributed by atoms with Crippen LogP contribution in [0.5, 0.6) is 0 Å². The number of benzene rings is 1. The van der Waals surface area contributed by atoms with Crippen molar-refractivity contribution in [3.8, 4) is 5.69 Å². The predicted molar refractivity (Wildman–Crippen MR) is 106 cm³/mol. The molecule has 29 heavy (non-hydrogen) atoms. The first-order valence-corrected chi connectivity index (χ1v) is 9.97. The second-order valence-electron chi connectivity index (χ2n) is 7.80. The molecular weight excluding hydrogens is 373 g/mol. The third kappa shape index (κ3) is 3.95. The van der Waals surface area contributed by atoms with E-state index in [4.69, 9.17) is 0 Å². The zero-order valence-corrected chi connectivity index (χ0v) is 16.4. The van der Waals surface area contributed by atoms with Crippen LogP contribution in [0.1, 0.15) is 30.9 Å². The van der Waals surface area contributed by atoms with Gasteiger partial charge in [0.1, 0.15) is 5.82 Å². The fraction of sp³-hybridized carbons (Fsp3) is 0.409. The third-order valence-electron chi connectivity index (χ3n) is 5.95. The molecule has 1 aromatic heterocycles. The summed E-state index contributed by atoms with van der Waals surface area (Å²) >= 11 is 0. The van der Waals surface area contributed by atoms with Gasteiger partial charge in [0.2, 0.25) is 11.8 Å². The van der Waals surface area contributed by atoms with Gasteiger partial charge in [-0.3, -0.25) is 19.0 Å². The molecular formula is C22H24FN3O3. The number of nitrogens with zero attached hydrogens (tertiary/aromatic N) is 3. The van der Waals surface area contributed by atoms with Crippen LogP contribution in [0.25, 0.3) is 5.69 Å². The first-order valence-electron chi connectivity index (χ1n) is 9.97. The highest BCUT2D eigenvalue weighted by Crippen LogP contribution is 2.24. The lowest BCUT2D eigenvalue weighted by atomic mass is 9.93. The Labute approximate surface area is 168 Å². The Balaban J connectivity index is 1.51. The molecule has 2 aromatic rings. The van der Waals surface area contributed by atoms with Gasteiger partial charge >= 0.3 is 0 Å². The van der Waals surface area contributed by atoms with Crippen molar-refractivity contribution in [2.45, 2.75) is 32.7 Å². The number of halogens is 1. The van der Waals surface area contributed by atoms with Crippen molar-refractivity contribution in [2.24, 2.45) is 5.92 Å². The molecule has 0 unspecified atom stereocenters. The summed E-state index contributed by atoms with van der Waals surface area (Å²) in [6, 6.07) is 7.40. The number of amides is 2. The molecule has 2 aliphatic rings. The number of aromatic nitrogens is 1. The molecule has 1 saturated heterocycles.